The number of ether oxygens (including phenoxy) is 2. The van der Waals surface area contributed by atoms with E-state index in [0.29, 0.717) is 18.8 Å². The SMILES string of the molecule is COc1ccc(OCCNC(=O)c2cc(N3CCCCCC3)ccn2)cc1. The Morgan fingerprint density at radius 3 is 2.48 bits per heavy atom. The first-order valence-corrected chi connectivity index (χ1v) is 9.52. The van der Waals surface area contributed by atoms with Gasteiger partial charge in [-0.15, -0.1) is 0 Å². The van der Waals surface area contributed by atoms with E-state index in [4.69, 9.17) is 9.47 Å². The zero-order valence-electron chi connectivity index (χ0n) is 15.8. The number of benzene rings is 1. The topological polar surface area (TPSA) is 63.7 Å². The van der Waals surface area contributed by atoms with Gasteiger partial charge in [0.15, 0.2) is 0 Å². The molecule has 6 nitrogen and oxygen atoms in total. The summed E-state index contributed by atoms with van der Waals surface area (Å²) in [5.74, 6) is 1.35. The highest BCUT2D eigenvalue weighted by atomic mass is 16.5. The fourth-order valence-electron chi connectivity index (χ4n) is 3.17. The first-order chi connectivity index (χ1) is 13.3. The maximum Gasteiger partial charge on any atom is 0.270 e. The van der Waals surface area contributed by atoms with E-state index in [2.05, 4.69) is 15.2 Å². The van der Waals surface area contributed by atoms with Crippen molar-refractivity contribution < 1.29 is 14.3 Å². The maximum absolute atomic E-state index is 12.4. The lowest BCUT2D eigenvalue weighted by Gasteiger charge is -2.22. The number of rotatable bonds is 7. The number of nitrogens with zero attached hydrogens (tertiary/aromatic N) is 2. The smallest absolute Gasteiger partial charge is 0.270 e. The molecule has 1 aromatic carbocycles. The van der Waals surface area contributed by atoms with Crippen LogP contribution in [-0.4, -0.2) is 44.2 Å². The van der Waals surface area contributed by atoms with E-state index in [1.54, 1.807) is 13.3 Å². The number of hydrogen-bond donors (Lipinski definition) is 1. The lowest BCUT2D eigenvalue weighted by molar-refractivity contribution is 0.0942. The van der Waals surface area contributed by atoms with Crippen LogP contribution in [0, 0.1) is 0 Å². The number of aromatic nitrogens is 1. The third-order valence-corrected chi connectivity index (χ3v) is 4.66. The first kappa shape index (κ1) is 19.0. The van der Waals surface area contributed by atoms with Gasteiger partial charge < -0.3 is 19.7 Å². The largest absolute Gasteiger partial charge is 0.497 e. The Bertz CT molecular complexity index is 726. The zero-order valence-corrected chi connectivity index (χ0v) is 15.8. The van der Waals surface area contributed by atoms with Gasteiger partial charge in [0.25, 0.3) is 5.91 Å². The van der Waals surface area contributed by atoms with Crippen LogP contribution < -0.4 is 19.7 Å². The molecule has 1 amide bonds. The summed E-state index contributed by atoms with van der Waals surface area (Å²) < 4.78 is 10.7. The molecule has 0 bridgehead atoms. The Hall–Kier alpha value is -2.76. The minimum atomic E-state index is -0.176. The van der Waals surface area contributed by atoms with Gasteiger partial charge in [0.05, 0.1) is 13.7 Å². The zero-order chi connectivity index (χ0) is 18.9. The molecule has 0 atom stereocenters. The molecule has 0 aliphatic carbocycles. The van der Waals surface area contributed by atoms with Gasteiger partial charge in [-0.1, -0.05) is 12.8 Å². The van der Waals surface area contributed by atoms with Crippen LogP contribution in [0.1, 0.15) is 36.2 Å². The summed E-state index contributed by atoms with van der Waals surface area (Å²) >= 11 is 0. The average molecular weight is 369 g/mol. The van der Waals surface area contributed by atoms with Crippen LogP contribution in [0.3, 0.4) is 0 Å². The molecule has 1 aliphatic heterocycles. The molecule has 0 unspecified atom stereocenters. The average Bonchev–Trinajstić information content (AvgIpc) is 3.01. The van der Waals surface area contributed by atoms with Gasteiger partial charge in [0.2, 0.25) is 0 Å². The molecule has 0 radical (unpaired) electrons. The molecular formula is C21H27N3O3. The van der Waals surface area contributed by atoms with E-state index >= 15 is 0 Å². The van der Waals surface area contributed by atoms with Crippen molar-refractivity contribution in [1.29, 1.82) is 0 Å². The molecule has 27 heavy (non-hydrogen) atoms. The molecule has 0 saturated carbocycles. The molecule has 1 saturated heterocycles. The maximum atomic E-state index is 12.4. The van der Waals surface area contributed by atoms with Crippen molar-refractivity contribution >= 4 is 11.6 Å². The second kappa shape index (κ2) is 9.80. The van der Waals surface area contributed by atoms with Crippen molar-refractivity contribution in [2.24, 2.45) is 0 Å². The number of amides is 1. The highest BCUT2D eigenvalue weighted by Crippen LogP contribution is 2.20. The van der Waals surface area contributed by atoms with E-state index in [9.17, 15) is 4.79 Å². The third-order valence-electron chi connectivity index (χ3n) is 4.66. The van der Waals surface area contributed by atoms with Crippen molar-refractivity contribution in [1.82, 2.24) is 10.3 Å². The van der Waals surface area contributed by atoms with Crippen molar-refractivity contribution in [2.45, 2.75) is 25.7 Å². The van der Waals surface area contributed by atoms with Gasteiger partial charge in [0, 0.05) is 25.0 Å². The summed E-state index contributed by atoms with van der Waals surface area (Å²) in [6.45, 7) is 2.89. The summed E-state index contributed by atoms with van der Waals surface area (Å²) in [6.07, 6.45) is 6.67. The third kappa shape index (κ3) is 5.61. The van der Waals surface area contributed by atoms with Crippen LogP contribution >= 0.6 is 0 Å². The molecule has 6 heteroatoms. The molecular weight excluding hydrogens is 342 g/mol. The Balaban J connectivity index is 1.48. The highest BCUT2D eigenvalue weighted by Gasteiger charge is 2.13. The number of methoxy groups -OCH3 is 1. The molecule has 1 aliphatic rings. The minimum absolute atomic E-state index is 0.176. The number of carbonyl (C=O) groups is 1. The van der Waals surface area contributed by atoms with Gasteiger partial charge in [-0.3, -0.25) is 9.78 Å². The first-order valence-electron chi connectivity index (χ1n) is 9.52. The van der Waals surface area contributed by atoms with Gasteiger partial charge in [0.1, 0.15) is 23.8 Å². The molecule has 0 spiro atoms. The van der Waals surface area contributed by atoms with E-state index in [-0.39, 0.29) is 5.91 Å². The quantitative estimate of drug-likeness (QED) is 0.759. The van der Waals surface area contributed by atoms with Crippen molar-refractivity contribution in [3.8, 4) is 11.5 Å². The van der Waals surface area contributed by atoms with Crippen molar-refractivity contribution in [3.05, 3.63) is 48.3 Å². The number of pyridine rings is 1. The van der Waals surface area contributed by atoms with E-state index in [1.165, 1.54) is 25.7 Å². The van der Waals surface area contributed by atoms with Crippen LogP contribution in [0.15, 0.2) is 42.6 Å². The highest BCUT2D eigenvalue weighted by molar-refractivity contribution is 5.93. The second-order valence-electron chi connectivity index (χ2n) is 6.58. The van der Waals surface area contributed by atoms with Gasteiger partial charge in [-0.2, -0.15) is 0 Å². The number of anilines is 1. The molecule has 144 valence electrons. The van der Waals surface area contributed by atoms with Crippen LogP contribution in [0.2, 0.25) is 0 Å². The molecule has 1 fully saturated rings. The minimum Gasteiger partial charge on any atom is -0.497 e. The monoisotopic (exact) mass is 369 g/mol. The lowest BCUT2D eigenvalue weighted by Crippen LogP contribution is -2.29. The van der Waals surface area contributed by atoms with Gasteiger partial charge in [-0.25, -0.2) is 0 Å². The van der Waals surface area contributed by atoms with E-state index in [0.717, 1.165) is 30.3 Å². The summed E-state index contributed by atoms with van der Waals surface area (Å²) in [5, 5.41) is 2.86. The Morgan fingerprint density at radius 2 is 1.78 bits per heavy atom. The number of carbonyl (C=O) groups excluding carboxylic acids is 1. The number of nitrogens with one attached hydrogen (secondary N) is 1. The summed E-state index contributed by atoms with van der Waals surface area (Å²) in [4.78, 5) is 18.9. The van der Waals surface area contributed by atoms with Crippen LogP contribution in [-0.2, 0) is 0 Å². The molecule has 1 N–H and O–H groups in total. The van der Waals surface area contributed by atoms with E-state index in [1.807, 2.05) is 36.4 Å². The molecule has 2 heterocycles. The van der Waals surface area contributed by atoms with E-state index < -0.39 is 0 Å². The van der Waals surface area contributed by atoms with Gasteiger partial charge >= 0.3 is 0 Å². The Labute approximate surface area is 160 Å². The van der Waals surface area contributed by atoms with Crippen molar-refractivity contribution in [2.75, 3.05) is 38.3 Å². The normalized spacial score (nSPS) is 14.3. The van der Waals surface area contributed by atoms with Crippen LogP contribution in [0.4, 0.5) is 5.69 Å². The van der Waals surface area contributed by atoms with Crippen LogP contribution in [0.5, 0.6) is 11.5 Å². The lowest BCUT2D eigenvalue weighted by atomic mass is 10.2. The second-order valence-corrected chi connectivity index (χ2v) is 6.58. The summed E-state index contributed by atoms with van der Waals surface area (Å²) in [5.41, 5.74) is 1.52. The molecule has 2 aromatic rings. The predicted molar refractivity (Wildman–Crippen MR) is 106 cm³/mol. The predicted octanol–water partition coefficient (Wildman–Crippen LogP) is 3.28. The Kier molecular flexibility index (Phi) is 6.90. The van der Waals surface area contributed by atoms with Gasteiger partial charge in [-0.05, 0) is 49.2 Å². The fraction of sp³-hybridized carbons (Fsp3) is 0.429. The number of hydrogen-bond acceptors (Lipinski definition) is 5. The fourth-order valence-corrected chi connectivity index (χ4v) is 3.17. The summed E-state index contributed by atoms with van der Waals surface area (Å²) in [6, 6.07) is 11.2. The standard InChI is InChI=1S/C21H27N3O3/c1-26-18-6-8-19(9-7-18)27-15-12-23-21(25)20-16-17(10-11-22-20)24-13-4-2-3-5-14-24/h6-11,16H,2-5,12-15H2,1H3,(H,23,25). The molecule has 3 rings (SSSR count). The van der Waals surface area contributed by atoms with Crippen LogP contribution in [0.25, 0.3) is 0 Å². The Morgan fingerprint density at radius 1 is 1.07 bits per heavy atom. The summed E-state index contributed by atoms with van der Waals surface area (Å²) in [7, 11) is 1.63. The van der Waals surface area contributed by atoms with Crippen molar-refractivity contribution in [3.63, 3.8) is 0 Å². The molecule has 1 aromatic heterocycles.